The molecule has 1 aliphatic rings. The second kappa shape index (κ2) is 5.64. The normalized spacial score (nSPS) is 19.9. The third-order valence-corrected chi connectivity index (χ3v) is 3.60. The van der Waals surface area contributed by atoms with Crippen LogP contribution < -0.4 is 0 Å². The summed E-state index contributed by atoms with van der Waals surface area (Å²) in [4.78, 5) is 13.5. The summed E-state index contributed by atoms with van der Waals surface area (Å²) in [6.45, 7) is 7.61. The van der Waals surface area contributed by atoms with E-state index in [4.69, 9.17) is 4.74 Å². The van der Waals surface area contributed by atoms with E-state index < -0.39 is 17.8 Å². The van der Waals surface area contributed by atoms with Crippen molar-refractivity contribution in [3.63, 3.8) is 0 Å². The van der Waals surface area contributed by atoms with Gasteiger partial charge >= 0.3 is 6.09 Å². The summed E-state index contributed by atoms with van der Waals surface area (Å²) in [6.07, 6.45) is -0.664. The molecule has 1 fully saturated rings. The molecule has 2 atom stereocenters. The predicted molar refractivity (Wildman–Crippen MR) is 77.4 cm³/mol. The molecule has 0 aromatic heterocycles. The van der Waals surface area contributed by atoms with Crippen LogP contribution in [-0.2, 0) is 4.74 Å². The van der Waals surface area contributed by atoms with E-state index in [-0.39, 0.29) is 11.9 Å². The van der Waals surface area contributed by atoms with Crippen molar-refractivity contribution >= 4 is 6.09 Å². The average molecular weight is 295 g/mol. The molecule has 1 N–H and O–H groups in total. The molecule has 1 aromatic rings. The van der Waals surface area contributed by atoms with E-state index in [2.05, 4.69) is 0 Å². The van der Waals surface area contributed by atoms with Gasteiger partial charge in [-0.25, -0.2) is 9.18 Å². The van der Waals surface area contributed by atoms with Gasteiger partial charge in [0.15, 0.2) is 0 Å². The number of aliphatic hydroxyl groups excluding tert-OH is 1. The summed E-state index contributed by atoms with van der Waals surface area (Å²) >= 11 is 0. The lowest BCUT2D eigenvalue weighted by molar-refractivity contribution is -0.0410. The average Bonchev–Trinajstić information content (AvgIpc) is 2.28. The Balaban J connectivity index is 2.07. The van der Waals surface area contributed by atoms with Crippen LogP contribution in [0.5, 0.6) is 0 Å². The molecule has 116 valence electrons. The lowest BCUT2D eigenvalue weighted by Crippen LogP contribution is -2.55. The van der Waals surface area contributed by atoms with Gasteiger partial charge in [0.05, 0.1) is 12.1 Å². The van der Waals surface area contributed by atoms with Gasteiger partial charge in [-0.15, -0.1) is 0 Å². The van der Waals surface area contributed by atoms with Gasteiger partial charge in [0.1, 0.15) is 11.4 Å². The fraction of sp³-hybridized carbons (Fsp3) is 0.562. The number of aliphatic hydroxyl groups is 1. The van der Waals surface area contributed by atoms with E-state index in [1.165, 1.54) is 11.0 Å². The maximum Gasteiger partial charge on any atom is 0.410 e. The fourth-order valence-corrected chi connectivity index (χ4v) is 2.30. The molecule has 0 bridgehead atoms. The highest BCUT2D eigenvalue weighted by Gasteiger charge is 2.40. The molecule has 1 unspecified atom stereocenters. The second-order valence-electron chi connectivity index (χ2n) is 6.48. The zero-order valence-corrected chi connectivity index (χ0v) is 12.9. The summed E-state index contributed by atoms with van der Waals surface area (Å²) in [7, 11) is 0. The number of amides is 1. The number of rotatable bonds is 2. The summed E-state index contributed by atoms with van der Waals surface area (Å²) in [5.74, 6) is -0.352. The first kappa shape index (κ1) is 15.8. The molecule has 0 spiro atoms. The molecule has 0 radical (unpaired) electrons. The van der Waals surface area contributed by atoms with E-state index in [1.54, 1.807) is 39.8 Å². The SMILES string of the molecule is Cc1ccc(C(O)[C@@H]2CCN2C(=O)OC(C)(C)C)cc1F. The summed E-state index contributed by atoms with van der Waals surface area (Å²) in [5.41, 5.74) is 0.443. The number of nitrogens with zero attached hydrogens (tertiary/aromatic N) is 1. The number of carbonyl (C=O) groups is 1. The van der Waals surface area contributed by atoms with Crippen molar-refractivity contribution in [2.45, 2.75) is 51.9 Å². The van der Waals surface area contributed by atoms with Crippen molar-refractivity contribution < 1.29 is 19.0 Å². The van der Waals surface area contributed by atoms with Crippen molar-refractivity contribution in [1.29, 1.82) is 0 Å². The van der Waals surface area contributed by atoms with Crippen LogP contribution in [0.25, 0.3) is 0 Å². The predicted octanol–water partition coefficient (Wildman–Crippen LogP) is 3.18. The molecule has 0 aliphatic carbocycles. The van der Waals surface area contributed by atoms with Gasteiger partial charge in [-0.1, -0.05) is 12.1 Å². The molecule has 1 heterocycles. The van der Waals surface area contributed by atoms with Crippen LogP contribution in [0.1, 0.15) is 44.4 Å². The largest absolute Gasteiger partial charge is 0.444 e. The number of likely N-dealkylation sites (tertiary alicyclic amines) is 1. The highest BCUT2D eigenvalue weighted by molar-refractivity contribution is 5.69. The van der Waals surface area contributed by atoms with Crippen LogP contribution in [0.15, 0.2) is 18.2 Å². The Kier molecular flexibility index (Phi) is 4.23. The van der Waals surface area contributed by atoms with Gasteiger partial charge in [-0.2, -0.15) is 0 Å². The molecular formula is C16H22FNO3. The smallest absolute Gasteiger partial charge is 0.410 e. The monoisotopic (exact) mass is 295 g/mol. The van der Waals surface area contributed by atoms with Crippen LogP contribution in [0.4, 0.5) is 9.18 Å². The first-order chi connectivity index (χ1) is 9.69. The molecular weight excluding hydrogens is 273 g/mol. The second-order valence-corrected chi connectivity index (χ2v) is 6.48. The van der Waals surface area contributed by atoms with Gasteiger partial charge in [0.25, 0.3) is 0 Å². The van der Waals surface area contributed by atoms with Crippen molar-refractivity contribution in [2.24, 2.45) is 0 Å². The van der Waals surface area contributed by atoms with Crippen LogP contribution in [0.2, 0.25) is 0 Å². The van der Waals surface area contributed by atoms with Crippen molar-refractivity contribution in [3.05, 3.63) is 35.1 Å². The van der Waals surface area contributed by atoms with Gasteiger partial charge < -0.3 is 14.7 Å². The lowest BCUT2D eigenvalue weighted by atomic mass is 9.92. The number of benzene rings is 1. The molecule has 4 nitrogen and oxygen atoms in total. The van der Waals surface area contributed by atoms with Crippen LogP contribution in [0, 0.1) is 12.7 Å². The summed E-state index contributed by atoms with van der Waals surface area (Å²) in [5, 5.41) is 10.4. The van der Waals surface area contributed by atoms with E-state index in [0.717, 1.165) is 0 Å². The fourth-order valence-electron chi connectivity index (χ4n) is 2.30. The van der Waals surface area contributed by atoms with Crippen molar-refractivity contribution in [3.8, 4) is 0 Å². The molecule has 1 aromatic carbocycles. The number of ether oxygens (including phenoxy) is 1. The molecule has 0 saturated carbocycles. The number of aryl methyl sites for hydroxylation is 1. The van der Waals surface area contributed by atoms with Crippen molar-refractivity contribution in [1.82, 2.24) is 4.90 Å². The third kappa shape index (κ3) is 3.53. The minimum atomic E-state index is -0.902. The molecule has 2 rings (SSSR count). The lowest BCUT2D eigenvalue weighted by Gasteiger charge is -2.43. The minimum absolute atomic E-state index is 0.352. The molecule has 21 heavy (non-hydrogen) atoms. The van der Waals surface area contributed by atoms with E-state index in [9.17, 15) is 14.3 Å². The highest BCUT2D eigenvalue weighted by Crippen LogP contribution is 2.32. The van der Waals surface area contributed by atoms with Gasteiger partial charge in [-0.05, 0) is 51.3 Å². The molecule has 5 heteroatoms. The van der Waals surface area contributed by atoms with Gasteiger partial charge in [-0.3, -0.25) is 0 Å². The quantitative estimate of drug-likeness (QED) is 0.911. The van der Waals surface area contributed by atoms with Gasteiger partial charge in [0.2, 0.25) is 0 Å². The highest BCUT2D eigenvalue weighted by atomic mass is 19.1. The summed E-state index contributed by atoms with van der Waals surface area (Å²) in [6, 6.07) is 4.28. The standard InChI is InChI=1S/C16H22FNO3/c1-10-5-6-11(9-12(10)17)14(19)13-7-8-18(13)15(20)21-16(2,3)4/h5-6,9,13-14,19H,7-8H2,1-4H3/t13-,14?/m0/s1. The zero-order chi connectivity index (χ0) is 15.8. The topological polar surface area (TPSA) is 49.8 Å². The molecule has 1 saturated heterocycles. The number of carbonyl (C=O) groups excluding carboxylic acids is 1. The first-order valence-corrected chi connectivity index (χ1v) is 7.13. The molecule has 1 aliphatic heterocycles. The maximum atomic E-state index is 13.6. The Morgan fingerprint density at radius 2 is 2.14 bits per heavy atom. The maximum absolute atomic E-state index is 13.6. The Morgan fingerprint density at radius 1 is 1.48 bits per heavy atom. The Morgan fingerprint density at radius 3 is 2.62 bits per heavy atom. The van der Waals surface area contributed by atoms with E-state index in [1.807, 2.05) is 0 Å². The van der Waals surface area contributed by atoms with Gasteiger partial charge in [0, 0.05) is 6.54 Å². The van der Waals surface area contributed by atoms with Crippen LogP contribution >= 0.6 is 0 Å². The Hall–Kier alpha value is -1.62. The number of hydrogen-bond donors (Lipinski definition) is 1. The summed E-state index contributed by atoms with van der Waals surface area (Å²) < 4.78 is 18.9. The third-order valence-electron chi connectivity index (χ3n) is 3.60. The zero-order valence-electron chi connectivity index (χ0n) is 12.9. The number of hydrogen-bond acceptors (Lipinski definition) is 3. The minimum Gasteiger partial charge on any atom is -0.444 e. The Labute approximate surface area is 124 Å². The van der Waals surface area contributed by atoms with Crippen LogP contribution in [0.3, 0.4) is 0 Å². The van der Waals surface area contributed by atoms with Crippen molar-refractivity contribution in [2.75, 3.05) is 6.54 Å². The first-order valence-electron chi connectivity index (χ1n) is 7.13. The number of halogens is 1. The van der Waals surface area contributed by atoms with E-state index >= 15 is 0 Å². The molecule has 1 amide bonds. The Bertz CT molecular complexity index is 539. The van der Waals surface area contributed by atoms with Crippen LogP contribution in [-0.4, -0.2) is 34.3 Å². The van der Waals surface area contributed by atoms with E-state index in [0.29, 0.717) is 24.1 Å².